The molecule has 0 unspecified atom stereocenters. The van der Waals surface area contributed by atoms with E-state index in [1.54, 1.807) is 0 Å². The van der Waals surface area contributed by atoms with Crippen molar-refractivity contribution in [3.8, 4) is 0 Å². The van der Waals surface area contributed by atoms with E-state index in [1.165, 1.54) is 0 Å². The molecule has 0 saturated carbocycles. The predicted molar refractivity (Wildman–Crippen MR) is 88.6 cm³/mol. The molecule has 1 aromatic rings. The zero-order valence-electron chi connectivity index (χ0n) is 12.4. The first-order valence-corrected chi connectivity index (χ1v) is 8.11. The molecule has 0 aliphatic rings. The SMILES string of the molecule is CC(C)COC(=O)CCCC(=O)OCc1cccc(I)c1. The van der Waals surface area contributed by atoms with Gasteiger partial charge in [-0.1, -0.05) is 26.0 Å². The molecule has 0 saturated heterocycles. The second kappa shape index (κ2) is 9.76. The molecule has 0 N–H and O–H groups in total. The van der Waals surface area contributed by atoms with Crippen LogP contribution in [0.4, 0.5) is 0 Å². The minimum Gasteiger partial charge on any atom is -0.465 e. The van der Waals surface area contributed by atoms with Gasteiger partial charge < -0.3 is 9.47 Å². The molecule has 0 aliphatic heterocycles. The summed E-state index contributed by atoms with van der Waals surface area (Å²) in [4.78, 5) is 22.9. The highest BCUT2D eigenvalue weighted by Gasteiger charge is 2.08. The number of hydrogen-bond donors (Lipinski definition) is 0. The average molecular weight is 404 g/mol. The molecule has 0 amide bonds. The molecule has 0 radical (unpaired) electrons. The molecular formula is C16H21IO4. The molecule has 21 heavy (non-hydrogen) atoms. The first-order chi connectivity index (χ1) is 9.97. The first kappa shape index (κ1) is 17.9. The number of carbonyl (C=O) groups excluding carboxylic acids is 2. The summed E-state index contributed by atoms with van der Waals surface area (Å²) < 4.78 is 11.3. The highest BCUT2D eigenvalue weighted by Crippen LogP contribution is 2.10. The predicted octanol–water partition coefficient (Wildman–Crippen LogP) is 3.70. The molecule has 1 rings (SSSR count). The molecule has 0 aromatic heterocycles. The van der Waals surface area contributed by atoms with Gasteiger partial charge in [0.1, 0.15) is 6.61 Å². The maximum atomic E-state index is 11.6. The summed E-state index contributed by atoms with van der Waals surface area (Å²) in [6.45, 7) is 4.66. The number of halogens is 1. The van der Waals surface area contributed by atoms with Crippen LogP contribution in [0.1, 0.15) is 38.7 Å². The van der Waals surface area contributed by atoms with E-state index in [9.17, 15) is 9.59 Å². The normalized spacial score (nSPS) is 10.5. The van der Waals surface area contributed by atoms with Crippen molar-refractivity contribution in [1.29, 1.82) is 0 Å². The largest absolute Gasteiger partial charge is 0.465 e. The van der Waals surface area contributed by atoms with Gasteiger partial charge in [0.05, 0.1) is 6.61 Å². The summed E-state index contributed by atoms with van der Waals surface area (Å²) in [5.41, 5.74) is 0.964. The summed E-state index contributed by atoms with van der Waals surface area (Å²) in [6.07, 6.45) is 0.952. The van der Waals surface area contributed by atoms with E-state index >= 15 is 0 Å². The van der Waals surface area contributed by atoms with Crippen LogP contribution in [0.5, 0.6) is 0 Å². The van der Waals surface area contributed by atoms with E-state index in [1.807, 2.05) is 38.1 Å². The van der Waals surface area contributed by atoms with Crippen molar-refractivity contribution < 1.29 is 19.1 Å². The maximum absolute atomic E-state index is 11.6. The molecule has 0 aliphatic carbocycles. The number of rotatable bonds is 8. The molecule has 1 aromatic carbocycles. The van der Waals surface area contributed by atoms with Gasteiger partial charge in [0.15, 0.2) is 0 Å². The van der Waals surface area contributed by atoms with Crippen LogP contribution in [0, 0.1) is 9.49 Å². The monoisotopic (exact) mass is 404 g/mol. The Kier molecular flexibility index (Phi) is 8.34. The second-order valence-electron chi connectivity index (χ2n) is 5.22. The Morgan fingerprint density at radius 3 is 2.43 bits per heavy atom. The quantitative estimate of drug-likeness (QED) is 0.490. The van der Waals surface area contributed by atoms with Gasteiger partial charge in [-0.3, -0.25) is 9.59 Å². The van der Waals surface area contributed by atoms with Gasteiger partial charge in [0, 0.05) is 16.4 Å². The van der Waals surface area contributed by atoms with Crippen LogP contribution in [0.15, 0.2) is 24.3 Å². The van der Waals surface area contributed by atoms with E-state index < -0.39 is 0 Å². The van der Waals surface area contributed by atoms with E-state index in [0.717, 1.165) is 9.13 Å². The summed E-state index contributed by atoms with van der Waals surface area (Å²) >= 11 is 2.21. The summed E-state index contributed by atoms with van der Waals surface area (Å²) in [5, 5.41) is 0. The van der Waals surface area contributed by atoms with E-state index in [2.05, 4.69) is 22.6 Å². The van der Waals surface area contributed by atoms with Crippen molar-refractivity contribution in [2.24, 2.45) is 5.92 Å². The molecule has 0 spiro atoms. The highest BCUT2D eigenvalue weighted by atomic mass is 127. The van der Waals surface area contributed by atoms with E-state index in [0.29, 0.717) is 18.9 Å². The fraction of sp³-hybridized carbons (Fsp3) is 0.500. The van der Waals surface area contributed by atoms with Crippen molar-refractivity contribution in [3.05, 3.63) is 33.4 Å². The van der Waals surface area contributed by atoms with E-state index in [-0.39, 0.29) is 31.4 Å². The van der Waals surface area contributed by atoms with Crippen LogP contribution in [0.3, 0.4) is 0 Å². The van der Waals surface area contributed by atoms with Crippen LogP contribution in [-0.2, 0) is 25.7 Å². The molecule has 0 heterocycles. The summed E-state index contributed by atoms with van der Waals surface area (Å²) in [7, 11) is 0. The lowest BCUT2D eigenvalue weighted by molar-refractivity contribution is -0.146. The summed E-state index contributed by atoms with van der Waals surface area (Å²) in [5.74, 6) is -0.216. The Morgan fingerprint density at radius 1 is 1.14 bits per heavy atom. The lowest BCUT2D eigenvalue weighted by Crippen LogP contribution is -2.11. The lowest BCUT2D eigenvalue weighted by Gasteiger charge is -2.07. The van der Waals surface area contributed by atoms with Gasteiger partial charge in [-0.05, 0) is 52.6 Å². The minimum absolute atomic E-state index is 0.237. The van der Waals surface area contributed by atoms with Crippen molar-refractivity contribution in [2.75, 3.05) is 6.61 Å². The van der Waals surface area contributed by atoms with Crippen molar-refractivity contribution >= 4 is 34.5 Å². The van der Waals surface area contributed by atoms with Gasteiger partial charge in [0.25, 0.3) is 0 Å². The smallest absolute Gasteiger partial charge is 0.306 e. The fourth-order valence-electron chi connectivity index (χ4n) is 1.57. The topological polar surface area (TPSA) is 52.6 Å². The van der Waals surface area contributed by atoms with Gasteiger partial charge in [-0.2, -0.15) is 0 Å². The second-order valence-corrected chi connectivity index (χ2v) is 6.47. The van der Waals surface area contributed by atoms with Crippen molar-refractivity contribution in [2.45, 2.75) is 39.7 Å². The number of benzene rings is 1. The maximum Gasteiger partial charge on any atom is 0.306 e. The number of hydrogen-bond acceptors (Lipinski definition) is 4. The first-order valence-electron chi connectivity index (χ1n) is 7.03. The molecule has 0 atom stereocenters. The molecule has 116 valence electrons. The standard InChI is InChI=1S/C16H21IO4/c1-12(2)10-20-15(18)7-4-8-16(19)21-11-13-5-3-6-14(17)9-13/h3,5-6,9,12H,4,7-8,10-11H2,1-2H3. The van der Waals surface area contributed by atoms with Crippen LogP contribution >= 0.6 is 22.6 Å². The van der Waals surface area contributed by atoms with Gasteiger partial charge in [0.2, 0.25) is 0 Å². The fourth-order valence-corrected chi connectivity index (χ4v) is 2.18. The number of esters is 2. The van der Waals surface area contributed by atoms with Crippen LogP contribution < -0.4 is 0 Å². The Balaban J connectivity index is 2.15. The molecule has 4 nitrogen and oxygen atoms in total. The van der Waals surface area contributed by atoms with Crippen LogP contribution in [0.2, 0.25) is 0 Å². The van der Waals surface area contributed by atoms with Crippen molar-refractivity contribution in [3.63, 3.8) is 0 Å². The summed E-state index contributed by atoms with van der Waals surface area (Å²) in [6, 6.07) is 7.79. The number of carbonyl (C=O) groups is 2. The Morgan fingerprint density at radius 2 is 1.81 bits per heavy atom. The third-order valence-electron chi connectivity index (χ3n) is 2.63. The molecule has 5 heteroatoms. The van der Waals surface area contributed by atoms with E-state index in [4.69, 9.17) is 9.47 Å². The zero-order chi connectivity index (χ0) is 15.7. The molecular weight excluding hydrogens is 383 g/mol. The Hall–Kier alpha value is -1.11. The van der Waals surface area contributed by atoms with Gasteiger partial charge in [-0.15, -0.1) is 0 Å². The van der Waals surface area contributed by atoms with Crippen molar-refractivity contribution in [1.82, 2.24) is 0 Å². The molecule has 0 bridgehead atoms. The lowest BCUT2D eigenvalue weighted by atomic mass is 10.2. The third kappa shape index (κ3) is 8.70. The molecule has 0 fully saturated rings. The zero-order valence-corrected chi connectivity index (χ0v) is 14.6. The van der Waals surface area contributed by atoms with Gasteiger partial charge in [-0.25, -0.2) is 0 Å². The Bertz CT molecular complexity index is 471. The van der Waals surface area contributed by atoms with Crippen LogP contribution in [-0.4, -0.2) is 18.5 Å². The highest BCUT2D eigenvalue weighted by molar-refractivity contribution is 14.1. The van der Waals surface area contributed by atoms with Crippen LogP contribution in [0.25, 0.3) is 0 Å². The Labute approximate surface area is 139 Å². The third-order valence-corrected chi connectivity index (χ3v) is 3.30. The van der Waals surface area contributed by atoms with Gasteiger partial charge >= 0.3 is 11.9 Å². The number of ether oxygens (including phenoxy) is 2. The average Bonchev–Trinajstić information content (AvgIpc) is 2.43. The minimum atomic E-state index is -0.287.